The van der Waals surface area contributed by atoms with Gasteiger partial charge in [-0.25, -0.2) is 4.79 Å². The van der Waals surface area contributed by atoms with Crippen molar-refractivity contribution in [2.45, 2.75) is 77.7 Å². The van der Waals surface area contributed by atoms with Crippen LogP contribution in [0.25, 0.3) is 0 Å². The van der Waals surface area contributed by atoms with Crippen LogP contribution >= 0.6 is 8.03 Å². The van der Waals surface area contributed by atoms with Crippen molar-refractivity contribution in [1.82, 2.24) is 5.32 Å². The second-order valence-electron chi connectivity index (χ2n) is 6.33. The number of hydrogen-bond donors (Lipinski definition) is 1. The minimum absolute atomic E-state index is 0.260. The third kappa shape index (κ3) is 9.93. The summed E-state index contributed by atoms with van der Waals surface area (Å²) in [6, 6.07) is 0.279. The summed E-state index contributed by atoms with van der Waals surface area (Å²) < 4.78 is 21.6. The third-order valence-corrected chi connectivity index (χ3v) is 5.55. The summed E-state index contributed by atoms with van der Waals surface area (Å²) in [6.45, 7) is 5.00. The molecule has 5 nitrogen and oxygen atoms in total. The summed E-state index contributed by atoms with van der Waals surface area (Å²) in [5.41, 5.74) is 0. The molecule has 1 aliphatic rings. The summed E-state index contributed by atoms with van der Waals surface area (Å²) in [7, 11) is -1.44. The molecule has 1 N–H and O–H groups in total. The Morgan fingerprint density at radius 3 is 2.74 bits per heavy atom. The number of nitrogens with one attached hydrogen (secondary N) is 1. The zero-order valence-corrected chi connectivity index (χ0v) is 15.6. The predicted molar refractivity (Wildman–Crippen MR) is 93.1 cm³/mol. The monoisotopic (exact) mass is 346 g/mol. The zero-order chi connectivity index (χ0) is 16.9. The molecule has 0 heterocycles. The van der Waals surface area contributed by atoms with Crippen LogP contribution in [0.15, 0.2) is 0 Å². The summed E-state index contributed by atoms with van der Waals surface area (Å²) in [6.07, 6.45) is 10.2. The van der Waals surface area contributed by atoms with E-state index in [1.54, 1.807) is 0 Å². The molecule has 1 amide bonds. The van der Waals surface area contributed by atoms with E-state index in [0.717, 1.165) is 38.5 Å². The van der Waals surface area contributed by atoms with Crippen LogP contribution in [0.5, 0.6) is 0 Å². The molecule has 23 heavy (non-hydrogen) atoms. The van der Waals surface area contributed by atoms with Crippen LogP contribution < -0.4 is 5.32 Å². The van der Waals surface area contributed by atoms with E-state index in [1.165, 1.54) is 19.3 Å². The molecule has 134 valence electrons. The van der Waals surface area contributed by atoms with Gasteiger partial charge in [0.1, 0.15) is 0 Å². The van der Waals surface area contributed by atoms with Crippen molar-refractivity contribution in [3.8, 4) is 0 Å². The van der Waals surface area contributed by atoms with E-state index in [1.807, 2.05) is 6.92 Å². The van der Waals surface area contributed by atoms with Crippen LogP contribution in [-0.2, 0) is 13.8 Å². The van der Waals surface area contributed by atoms with Crippen molar-refractivity contribution in [2.24, 2.45) is 5.92 Å². The Hall–Kier alpha value is -0.670. The van der Waals surface area contributed by atoms with Crippen molar-refractivity contribution in [3.63, 3.8) is 0 Å². The van der Waals surface area contributed by atoms with Gasteiger partial charge in [0.05, 0.1) is 13.2 Å². The zero-order valence-electron chi connectivity index (χ0n) is 14.7. The number of carbonyl (C=O) groups excluding carboxylic acids is 1. The third-order valence-electron chi connectivity index (χ3n) is 4.32. The first-order valence-electron chi connectivity index (χ1n) is 9.16. The van der Waals surface area contributed by atoms with Gasteiger partial charge in [0.15, 0.2) is 6.16 Å². The average Bonchev–Trinajstić information content (AvgIpc) is 2.95. The Balaban J connectivity index is 2.02. The second kappa shape index (κ2) is 12.7. The lowest BCUT2D eigenvalue weighted by molar-refractivity contribution is 0.140. The SMILES string of the molecule is CCCCOC(=O)N[C@@H]1CC[C@H](CCCCC[P+](=O)OCC)C1. The Labute approximate surface area is 141 Å². The van der Waals surface area contributed by atoms with Crippen molar-refractivity contribution in [1.29, 1.82) is 0 Å². The highest BCUT2D eigenvalue weighted by Crippen LogP contribution is 2.30. The molecule has 0 aromatic heterocycles. The molecular weight excluding hydrogens is 313 g/mol. The van der Waals surface area contributed by atoms with Gasteiger partial charge in [-0.15, -0.1) is 4.52 Å². The smallest absolute Gasteiger partial charge is 0.450 e. The van der Waals surface area contributed by atoms with E-state index < -0.39 is 8.03 Å². The molecule has 0 aromatic carbocycles. The molecule has 0 radical (unpaired) electrons. The van der Waals surface area contributed by atoms with Gasteiger partial charge in [0, 0.05) is 6.04 Å². The number of carbonyl (C=O) groups is 1. The van der Waals surface area contributed by atoms with Gasteiger partial charge in [-0.1, -0.05) is 26.2 Å². The van der Waals surface area contributed by atoms with Gasteiger partial charge < -0.3 is 10.1 Å². The Morgan fingerprint density at radius 1 is 1.17 bits per heavy atom. The highest BCUT2D eigenvalue weighted by atomic mass is 31.1. The van der Waals surface area contributed by atoms with E-state index in [2.05, 4.69) is 12.2 Å². The standard InChI is InChI=1S/C17H32NO4P/c1-3-5-12-21-17(19)18-16-11-10-15(14-16)9-7-6-8-13-23(20)22-4-2/h15-16H,3-14H2,1-2H3/p+1/t15-,16+/m0/s1. The summed E-state index contributed by atoms with van der Waals surface area (Å²) >= 11 is 0. The molecule has 1 fully saturated rings. The van der Waals surface area contributed by atoms with Crippen LogP contribution in [0.2, 0.25) is 0 Å². The van der Waals surface area contributed by atoms with Crippen LogP contribution in [0, 0.1) is 5.92 Å². The fraction of sp³-hybridized carbons (Fsp3) is 0.941. The maximum Gasteiger partial charge on any atom is 0.508 e. The van der Waals surface area contributed by atoms with Crippen LogP contribution in [-0.4, -0.2) is 31.5 Å². The first-order valence-corrected chi connectivity index (χ1v) is 10.5. The number of amides is 1. The fourth-order valence-electron chi connectivity index (χ4n) is 3.05. The van der Waals surface area contributed by atoms with Gasteiger partial charge in [0.25, 0.3) is 0 Å². The molecule has 1 unspecified atom stereocenters. The van der Waals surface area contributed by atoms with Crippen LogP contribution in [0.3, 0.4) is 0 Å². The molecule has 6 heteroatoms. The van der Waals surface area contributed by atoms with Crippen LogP contribution in [0.4, 0.5) is 4.79 Å². The lowest BCUT2D eigenvalue weighted by atomic mass is 10.00. The number of ether oxygens (including phenoxy) is 1. The van der Waals surface area contributed by atoms with Gasteiger partial charge >= 0.3 is 14.1 Å². The Kier molecular flexibility index (Phi) is 11.3. The van der Waals surface area contributed by atoms with E-state index in [9.17, 15) is 9.36 Å². The molecule has 3 atom stereocenters. The molecule has 0 saturated heterocycles. The highest BCUT2D eigenvalue weighted by Gasteiger charge is 2.26. The van der Waals surface area contributed by atoms with Gasteiger partial charge in [-0.05, 0) is 55.9 Å². The van der Waals surface area contributed by atoms with Crippen molar-refractivity contribution >= 4 is 14.1 Å². The van der Waals surface area contributed by atoms with Crippen molar-refractivity contribution in [2.75, 3.05) is 19.4 Å². The summed E-state index contributed by atoms with van der Waals surface area (Å²) in [5, 5.41) is 2.98. The Morgan fingerprint density at radius 2 is 2.00 bits per heavy atom. The number of hydrogen-bond acceptors (Lipinski definition) is 4. The molecular formula is C17H33NO4P+. The highest BCUT2D eigenvalue weighted by molar-refractivity contribution is 7.39. The summed E-state index contributed by atoms with van der Waals surface area (Å²) in [5.74, 6) is 0.705. The molecule has 1 saturated carbocycles. The van der Waals surface area contributed by atoms with E-state index in [4.69, 9.17) is 9.26 Å². The van der Waals surface area contributed by atoms with Gasteiger partial charge in [-0.2, -0.15) is 0 Å². The second-order valence-corrected chi connectivity index (χ2v) is 7.70. The minimum Gasteiger partial charge on any atom is -0.450 e. The molecule has 0 bridgehead atoms. The predicted octanol–water partition coefficient (Wildman–Crippen LogP) is 5.02. The van der Waals surface area contributed by atoms with Gasteiger partial charge in [-0.3, -0.25) is 0 Å². The number of unbranched alkanes of at least 4 members (excludes halogenated alkanes) is 3. The maximum absolute atomic E-state index is 11.6. The quantitative estimate of drug-likeness (QED) is 0.398. The fourth-order valence-corrected chi connectivity index (χ4v) is 3.94. The van der Waals surface area contributed by atoms with Crippen LogP contribution in [0.1, 0.15) is 71.6 Å². The minimum atomic E-state index is -1.44. The molecule has 0 aliphatic heterocycles. The number of rotatable bonds is 12. The maximum atomic E-state index is 11.6. The first-order chi connectivity index (χ1) is 11.2. The van der Waals surface area contributed by atoms with E-state index in [-0.39, 0.29) is 12.1 Å². The van der Waals surface area contributed by atoms with E-state index in [0.29, 0.717) is 25.3 Å². The lowest BCUT2D eigenvalue weighted by Crippen LogP contribution is -2.33. The topological polar surface area (TPSA) is 64.6 Å². The first kappa shape index (κ1) is 20.4. The van der Waals surface area contributed by atoms with Gasteiger partial charge in [0.2, 0.25) is 0 Å². The number of alkyl carbamates (subject to hydrolysis) is 1. The molecule has 1 rings (SSSR count). The molecule has 1 aliphatic carbocycles. The van der Waals surface area contributed by atoms with E-state index >= 15 is 0 Å². The Bertz CT molecular complexity index is 351. The molecule has 0 spiro atoms. The lowest BCUT2D eigenvalue weighted by Gasteiger charge is -2.13. The normalized spacial score (nSPS) is 21.2. The largest absolute Gasteiger partial charge is 0.508 e. The van der Waals surface area contributed by atoms with Crippen molar-refractivity contribution < 1.29 is 18.6 Å². The van der Waals surface area contributed by atoms with Crippen molar-refractivity contribution in [3.05, 3.63) is 0 Å². The molecule has 0 aromatic rings. The summed E-state index contributed by atoms with van der Waals surface area (Å²) in [4.78, 5) is 11.6. The average molecular weight is 346 g/mol.